The fourth-order valence-corrected chi connectivity index (χ4v) is 1.59. The van der Waals surface area contributed by atoms with E-state index in [9.17, 15) is 4.79 Å². The molecule has 2 rings (SSSR count). The van der Waals surface area contributed by atoms with E-state index in [4.69, 9.17) is 0 Å². The number of carbonyl (C=O) groups is 1. The molecule has 1 aliphatic heterocycles. The standard InChI is InChI=1S/C14H14N2O/c1-2-13-10-6-7-11-16(13)15-14(17)12-8-4-3-5-9-12/h2-11,13H,1H2,(H,15,17). The summed E-state index contributed by atoms with van der Waals surface area (Å²) in [5.41, 5.74) is 3.46. The molecule has 0 aromatic heterocycles. The number of benzene rings is 1. The van der Waals surface area contributed by atoms with Crippen LogP contribution in [-0.4, -0.2) is 17.0 Å². The predicted molar refractivity (Wildman–Crippen MR) is 68.0 cm³/mol. The molecule has 3 nitrogen and oxygen atoms in total. The minimum absolute atomic E-state index is 0.00679. The van der Waals surface area contributed by atoms with E-state index in [1.807, 2.05) is 42.6 Å². The summed E-state index contributed by atoms with van der Waals surface area (Å²) in [4.78, 5) is 11.9. The summed E-state index contributed by atoms with van der Waals surface area (Å²) in [6, 6.07) is 9.11. The fourth-order valence-electron chi connectivity index (χ4n) is 1.59. The topological polar surface area (TPSA) is 32.3 Å². The molecular weight excluding hydrogens is 212 g/mol. The smallest absolute Gasteiger partial charge is 0.269 e. The van der Waals surface area contributed by atoms with E-state index in [0.29, 0.717) is 5.56 Å². The number of carbonyl (C=O) groups excluding carboxylic acids is 1. The number of hydrazine groups is 1. The van der Waals surface area contributed by atoms with Gasteiger partial charge >= 0.3 is 0 Å². The van der Waals surface area contributed by atoms with Gasteiger partial charge in [-0.15, -0.1) is 6.58 Å². The first-order valence-corrected chi connectivity index (χ1v) is 5.43. The molecule has 1 aromatic rings. The van der Waals surface area contributed by atoms with Gasteiger partial charge in [-0.25, -0.2) is 0 Å². The molecular formula is C14H14N2O. The zero-order chi connectivity index (χ0) is 12.1. The average molecular weight is 226 g/mol. The zero-order valence-corrected chi connectivity index (χ0v) is 9.41. The van der Waals surface area contributed by atoms with Gasteiger partial charge in [-0.1, -0.05) is 36.4 Å². The summed E-state index contributed by atoms with van der Waals surface area (Å²) in [7, 11) is 0. The second kappa shape index (κ2) is 5.16. The highest BCUT2D eigenvalue weighted by atomic mass is 16.2. The lowest BCUT2D eigenvalue weighted by atomic mass is 10.2. The van der Waals surface area contributed by atoms with Crippen LogP contribution >= 0.6 is 0 Å². The Kier molecular flexibility index (Phi) is 3.40. The lowest BCUT2D eigenvalue weighted by molar-refractivity contribution is 0.0840. The molecule has 0 bridgehead atoms. The number of nitrogens with one attached hydrogen (secondary N) is 1. The van der Waals surface area contributed by atoms with E-state index in [1.54, 1.807) is 23.2 Å². The van der Waals surface area contributed by atoms with Gasteiger partial charge in [-0.2, -0.15) is 0 Å². The van der Waals surface area contributed by atoms with Crippen LogP contribution in [0.4, 0.5) is 0 Å². The molecule has 1 atom stereocenters. The summed E-state index contributed by atoms with van der Waals surface area (Å²) in [6.07, 6.45) is 9.33. The van der Waals surface area contributed by atoms with E-state index in [1.165, 1.54) is 0 Å². The summed E-state index contributed by atoms with van der Waals surface area (Å²) in [5, 5.41) is 1.72. The van der Waals surface area contributed by atoms with Gasteiger partial charge < -0.3 is 0 Å². The average Bonchev–Trinajstić information content (AvgIpc) is 2.40. The third-order valence-corrected chi connectivity index (χ3v) is 2.50. The highest BCUT2D eigenvalue weighted by molar-refractivity contribution is 5.93. The van der Waals surface area contributed by atoms with Gasteiger partial charge in [0.1, 0.15) is 0 Å². The first-order valence-electron chi connectivity index (χ1n) is 5.43. The van der Waals surface area contributed by atoms with Crippen molar-refractivity contribution in [2.45, 2.75) is 6.04 Å². The molecule has 17 heavy (non-hydrogen) atoms. The Morgan fingerprint density at radius 2 is 2.06 bits per heavy atom. The number of hydrogen-bond donors (Lipinski definition) is 1. The van der Waals surface area contributed by atoms with E-state index >= 15 is 0 Å². The van der Waals surface area contributed by atoms with Gasteiger partial charge in [0.2, 0.25) is 0 Å². The molecule has 0 aliphatic carbocycles. The van der Waals surface area contributed by atoms with Gasteiger partial charge in [0, 0.05) is 11.8 Å². The molecule has 0 radical (unpaired) electrons. The van der Waals surface area contributed by atoms with Crippen LogP contribution in [0, 0.1) is 0 Å². The Balaban J connectivity index is 2.06. The third kappa shape index (κ3) is 2.64. The van der Waals surface area contributed by atoms with Crippen LogP contribution in [0.2, 0.25) is 0 Å². The van der Waals surface area contributed by atoms with Crippen LogP contribution in [-0.2, 0) is 0 Å². The van der Waals surface area contributed by atoms with Crippen LogP contribution < -0.4 is 5.43 Å². The zero-order valence-electron chi connectivity index (χ0n) is 9.41. The molecule has 1 aromatic carbocycles. The SMILES string of the molecule is C=CC1C=CC=CN1NC(=O)c1ccccc1. The van der Waals surface area contributed by atoms with Crippen molar-refractivity contribution in [3.63, 3.8) is 0 Å². The molecule has 1 amide bonds. The Hall–Kier alpha value is -2.29. The molecule has 86 valence electrons. The molecule has 0 fully saturated rings. The Morgan fingerprint density at radius 1 is 1.29 bits per heavy atom. The maximum absolute atomic E-state index is 11.9. The molecule has 0 saturated carbocycles. The van der Waals surface area contributed by atoms with Crippen molar-refractivity contribution in [2.24, 2.45) is 0 Å². The van der Waals surface area contributed by atoms with Crippen LogP contribution in [0.3, 0.4) is 0 Å². The van der Waals surface area contributed by atoms with Crippen molar-refractivity contribution < 1.29 is 4.79 Å². The quantitative estimate of drug-likeness (QED) is 0.802. The van der Waals surface area contributed by atoms with Crippen LogP contribution in [0.15, 0.2) is 67.4 Å². The largest absolute Gasteiger partial charge is 0.282 e. The molecule has 1 aliphatic rings. The predicted octanol–water partition coefficient (Wildman–Crippen LogP) is 2.27. The van der Waals surface area contributed by atoms with Crippen molar-refractivity contribution in [3.8, 4) is 0 Å². The second-order valence-electron chi connectivity index (χ2n) is 3.67. The first kappa shape index (κ1) is 11.2. The Bertz CT molecular complexity index is 462. The third-order valence-electron chi connectivity index (χ3n) is 2.50. The minimum Gasteiger partial charge on any atom is -0.282 e. The van der Waals surface area contributed by atoms with Crippen LogP contribution in [0.5, 0.6) is 0 Å². The highest BCUT2D eigenvalue weighted by Gasteiger charge is 2.14. The summed E-state index contributed by atoms with van der Waals surface area (Å²) >= 11 is 0. The van der Waals surface area contributed by atoms with E-state index in [-0.39, 0.29) is 11.9 Å². The molecule has 0 spiro atoms. The maximum atomic E-state index is 11.9. The first-order chi connectivity index (χ1) is 8.31. The Morgan fingerprint density at radius 3 is 2.76 bits per heavy atom. The summed E-state index contributed by atoms with van der Waals surface area (Å²) in [6.45, 7) is 3.74. The maximum Gasteiger partial charge on any atom is 0.269 e. The van der Waals surface area contributed by atoms with Crippen molar-refractivity contribution in [3.05, 3.63) is 73.0 Å². The minimum atomic E-state index is -0.127. The van der Waals surface area contributed by atoms with E-state index < -0.39 is 0 Å². The summed E-state index contributed by atoms with van der Waals surface area (Å²) in [5.74, 6) is -0.127. The molecule has 1 N–H and O–H groups in total. The van der Waals surface area contributed by atoms with Crippen LogP contribution in [0.25, 0.3) is 0 Å². The number of rotatable bonds is 3. The van der Waals surface area contributed by atoms with E-state index in [0.717, 1.165) is 0 Å². The number of amides is 1. The Labute approximate surface area is 101 Å². The van der Waals surface area contributed by atoms with Crippen molar-refractivity contribution in [1.82, 2.24) is 10.4 Å². The number of allylic oxidation sites excluding steroid dienone is 2. The van der Waals surface area contributed by atoms with Gasteiger partial charge in [0.05, 0.1) is 6.04 Å². The van der Waals surface area contributed by atoms with Gasteiger partial charge in [0.15, 0.2) is 0 Å². The highest BCUT2D eigenvalue weighted by Crippen LogP contribution is 2.07. The molecule has 3 heteroatoms. The lowest BCUT2D eigenvalue weighted by Crippen LogP contribution is -2.44. The van der Waals surface area contributed by atoms with Crippen molar-refractivity contribution in [1.29, 1.82) is 0 Å². The molecule has 1 unspecified atom stereocenters. The second-order valence-corrected chi connectivity index (χ2v) is 3.67. The summed E-state index contributed by atoms with van der Waals surface area (Å²) < 4.78 is 0. The van der Waals surface area contributed by atoms with Crippen LogP contribution in [0.1, 0.15) is 10.4 Å². The number of nitrogens with zero attached hydrogens (tertiary/aromatic N) is 1. The molecule has 0 saturated heterocycles. The van der Waals surface area contributed by atoms with Gasteiger partial charge in [-0.3, -0.25) is 15.2 Å². The monoisotopic (exact) mass is 226 g/mol. The normalized spacial score (nSPS) is 17.9. The fraction of sp³-hybridized carbons (Fsp3) is 0.0714. The lowest BCUT2D eigenvalue weighted by Gasteiger charge is -2.28. The molecule has 1 heterocycles. The van der Waals surface area contributed by atoms with E-state index in [2.05, 4.69) is 12.0 Å². The number of hydrogen-bond acceptors (Lipinski definition) is 2. The van der Waals surface area contributed by atoms with Gasteiger partial charge in [0.25, 0.3) is 5.91 Å². The van der Waals surface area contributed by atoms with Gasteiger partial charge in [-0.05, 0) is 18.2 Å². The van der Waals surface area contributed by atoms with Crippen molar-refractivity contribution in [2.75, 3.05) is 0 Å². The van der Waals surface area contributed by atoms with Crippen molar-refractivity contribution >= 4 is 5.91 Å².